The highest BCUT2D eigenvalue weighted by Gasteiger charge is 2.42. The minimum Gasteiger partial charge on any atom is -0.481 e. The highest BCUT2D eigenvalue weighted by Crippen LogP contribution is 2.37. The smallest absolute Gasteiger partial charge is 0.310 e. The zero-order valence-corrected chi connectivity index (χ0v) is 14.5. The van der Waals surface area contributed by atoms with Crippen LogP contribution in [0.15, 0.2) is 0 Å². The fraction of sp³-hybridized carbons (Fsp3) is 0.467. The van der Waals surface area contributed by atoms with Gasteiger partial charge in [0, 0.05) is 12.0 Å². The molecule has 0 aromatic heterocycles. The Bertz CT molecular complexity index is 734. The number of carbonyl (C=O) groups is 2. The zero-order valence-electron chi connectivity index (χ0n) is 13.6. The number of carboxylic acid groups (broad SMARTS) is 1. The maximum absolute atomic E-state index is 13.6. The summed E-state index contributed by atoms with van der Waals surface area (Å²) >= 11 is 0. The first-order valence-corrected chi connectivity index (χ1v) is 8.35. The maximum atomic E-state index is 13.6. The van der Waals surface area contributed by atoms with E-state index in [0.29, 0.717) is 0 Å². The molecule has 0 aliphatic heterocycles. The van der Waals surface area contributed by atoms with E-state index < -0.39 is 98.4 Å². The molecule has 1 aromatic rings. The summed E-state index contributed by atoms with van der Waals surface area (Å²) in [4.78, 5) is 22.1. The Morgan fingerprint density at radius 3 is 1.93 bits per heavy atom. The van der Waals surface area contributed by atoms with Gasteiger partial charge in [-0.2, -0.15) is 0 Å². The van der Waals surface area contributed by atoms with Crippen molar-refractivity contribution < 1.29 is 46.3 Å². The lowest BCUT2D eigenvalue weighted by Crippen LogP contribution is -2.38. The van der Waals surface area contributed by atoms with Crippen LogP contribution in [0.5, 0.6) is 0 Å². The van der Waals surface area contributed by atoms with E-state index >= 15 is 0 Å². The van der Waals surface area contributed by atoms with Crippen LogP contribution in [-0.2, 0) is 20.6 Å². The van der Waals surface area contributed by atoms with Gasteiger partial charge in [-0.05, 0) is 25.7 Å². The number of amides is 1. The summed E-state index contributed by atoms with van der Waals surface area (Å²) in [6.07, 6.45) is -2.71. The SMILES string of the molecule is NC(=O)CCC(C(=O)O)C(O)(CCCc1c(F)c(F)c(F)c(F)c1F)P=O. The van der Waals surface area contributed by atoms with Crippen LogP contribution in [0.25, 0.3) is 0 Å². The van der Waals surface area contributed by atoms with Gasteiger partial charge in [0.15, 0.2) is 37.1 Å². The van der Waals surface area contributed by atoms with Crippen LogP contribution in [0.4, 0.5) is 22.0 Å². The van der Waals surface area contributed by atoms with E-state index in [1.54, 1.807) is 0 Å². The summed E-state index contributed by atoms with van der Waals surface area (Å²) in [5, 5.41) is 17.0. The Morgan fingerprint density at radius 1 is 1.04 bits per heavy atom. The second kappa shape index (κ2) is 9.18. The molecule has 1 aromatic carbocycles. The Kier molecular flexibility index (Phi) is 7.79. The molecule has 6 nitrogen and oxygen atoms in total. The molecule has 0 spiro atoms. The molecule has 0 aliphatic carbocycles. The van der Waals surface area contributed by atoms with E-state index in [-0.39, 0.29) is 0 Å². The molecule has 1 amide bonds. The van der Waals surface area contributed by atoms with E-state index in [9.17, 15) is 41.2 Å². The minimum absolute atomic E-state index is 0.438. The van der Waals surface area contributed by atoms with Crippen LogP contribution in [-0.4, -0.2) is 27.4 Å². The Labute approximate surface area is 151 Å². The first kappa shape index (κ1) is 22.9. The number of primary amides is 1. The third-order valence-electron chi connectivity index (χ3n) is 3.97. The van der Waals surface area contributed by atoms with Gasteiger partial charge in [0.1, 0.15) is 0 Å². The molecular weight excluding hydrogens is 400 g/mol. The van der Waals surface area contributed by atoms with Crippen molar-refractivity contribution in [2.45, 2.75) is 37.4 Å². The number of rotatable bonds is 10. The van der Waals surface area contributed by atoms with E-state index in [1.807, 2.05) is 0 Å². The third-order valence-corrected chi connectivity index (χ3v) is 4.82. The molecule has 4 N–H and O–H groups in total. The van der Waals surface area contributed by atoms with E-state index in [4.69, 9.17) is 10.8 Å². The number of halogens is 5. The molecule has 2 atom stereocenters. The second-order valence-electron chi connectivity index (χ2n) is 5.77. The van der Waals surface area contributed by atoms with Crippen molar-refractivity contribution in [2.75, 3.05) is 0 Å². The molecule has 0 radical (unpaired) electrons. The quantitative estimate of drug-likeness (QED) is 0.235. The van der Waals surface area contributed by atoms with Gasteiger partial charge in [-0.3, -0.25) is 14.2 Å². The van der Waals surface area contributed by atoms with Crippen molar-refractivity contribution in [3.63, 3.8) is 0 Å². The summed E-state index contributed by atoms with van der Waals surface area (Å²) in [7, 11) is -1.05. The van der Waals surface area contributed by atoms with Gasteiger partial charge in [0.2, 0.25) is 11.7 Å². The van der Waals surface area contributed by atoms with Crippen LogP contribution in [0.1, 0.15) is 31.2 Å². The van der Waals surface area contributed by atoms with Crippen molar-refractivity contribution in [3.8, 4) is 0 Å². The highest BCUT2D eigenvalue weighted by molar-refractivity contribution is 7.25. The second-order valence-corrected chi connectivity index (χ2v) is 6.72. The maximum Gasteiger partial charge on any atom is 0.310 e. The van der Waals surface area contributed by atoms with Gasteiger partial charge in [0.25, 0.3) is 0 Å². The van der Waals surface area contributed by atoms with Gasteiger partial charge < -0.3 is 15.9 Å². The van der Waals surface area contributed by atoms with Crippen molar-refractivity contribution in [2.24, 2.45) is 11.7 Å². The van der Waals surface area contributed by atoms with Crippen LogP contribution in [0.2, 0.25) is 0 Å². The van der Waals surface area contributed by atoms with Gasteiger partial charge in [-0.15, -0.1) is 0 Å². The highest BCUT2D eigenvalue weighted by atomic mass is 31.1. The molecule has 1 rings (SSSR count). The number of benzene rings is 1. The minimum atomic E-state index is -2.43. The van der Waals surface area contributed by atoms with Crippen molar-refractivity contribution in [1.29, 1.82) is 0 Å². The monoisotopic (exact) mass is 415 g/mol. The lowest BCUT2D eigenvalue weighted by molar-refractivity contribution is -0.148. The first-order chi connectivity index (χ1) is 12.5. The van der Waals surface area contributed by atoms with Crippen molar-refractivity contribution in [3.05, 3.63) is 34.6 Å². The summed E-state index contributed by atoms with van der Waals surface area (Å²) in [5.74, 6) is -14.8. The fourth-order valence-corrected chi connectivity index (χ4v) is 3.13. The van der Waals surface area contributed by atoms with Crippen molar-refractivity contribution in [1.82, 2.24) is 0 Å². The largest absolute Gasteiger partial charge is 0.481 e. The van der Waals surface area contributed by atoms with Gasteiger partial charge in [-0.1, -0.05) is 0 Å². The van der Waals surface area contributed by atoms with E-state index in [0.717, 1.165) is 0 Å². The number of hydrogen-bond donors (Lipinski definition) is 3. The summed E-state index contributed by atoms with van der Waals surface area (Å²) < 4.78 is 77.8. The van der Waals surface area contributed by atoms with Gasteiger partial charge in [0.05, 0.1) is 5.92 Å². The molecule has 0 bridgehead atoms. The van der Waals surface area contributed by atoms with E-state index in [1.165, 1.54) is 0 Å². The topological polar surface area (TPSA) is 118 Å². The molecule has 2 unspecified atom stereocenters. The molecule has 0 fully saturated rings. The molecular formula is C15H15F5NO5P. The number of aliphatic hydroxyl groups is 1. The normalized spacial score (nSPS) is 14.7. The van der Waals surface area contributed by atoms with Crippen molar-refractivity contribution >= 4 is 20.3 Å². The predicted molar refractivity (Wildman–Crippen MR) is 81.3 cm³/mol. The lowest BCUT2D eigenvalue weighted by atomic mass is 9.91. The first-order valence-electron chi connectivity index (χ1n) is 7.54. The summed E-state index contributed by atoms with van der Waals surface area (Å²) in [6.45, 7) is 0. The molecule has 12 heteroatoms. The number of nitrogens with two attached hydrogens (primary N) is 1. The zero-order chi connectivity index (χ0) is 20.9. The molecule has 27 heavy (non-hydrogen) atoms. The fourth-order valence-electron chi connectivity index (χ4n) is 2.52. The Balaban J connectivity index is 2.99. The molecule has 0 saturated carbocycles. The summed E-state index contributed by atoms with van der Waals surface area (Å²) in [6, 6.07) is 0. The van der Waals surface area contributed by atoms with Crippen LogP contribution in [0, 0.1) is 35.0 Å². The number of hydrogen-bond acceptors (Lipinski definition) is 4. The van der Waals surface area contributed by atoms with E-state index in [2.05, 4.69) is 0 Å². The Hall–Kier alpha value is -2.13. The standard InChI is InChI=1S/C15H15F5NO5P/c16-9-6(10(17)12(19)13(20)11(9)18)2-1-5-15(25,27-26)7(14(23)24)3-4-8(21)22/h7,25H,1-5H2,(H2,21,22)(H,23,24). The average Bonchev–Trinajstić information content (AvgIpc) is 2.60. The third kappa shape index (κ3) is 5.20. The molecule has 0 aliphatic rings. The van der Waals surface area contributed by atoms with Gasteiger partial charge >= 0.3 is 5.97 Å². The number of carbonyl (C=O) groups excluding carboxylic acids is 1. The molecule has 150 valence electrons. The van der Waals surface area contributed by atoms with Gasteiger partial charge in [-0.25, -0.2) is 22.0 Å². The number of aliphatic carboxylic acids is 1. The lowest BCUT2D eigenvalue weighted by Gasteiger charge is -2.27. The molecule has 0 saturated heterocycles. The average molecular weight is 415 g/mol. The van der Waals surface area contributed by atoms with Crippen LogP contribution < -0.4 is 5.73 Å². The van der Waals surface area contributed by atoms with Crippen LogP contribution in [0.3, 0.4) is 0 Å². The number of carboxylic acids is 1. The predicted octanol–water partition coefficient (Wildman–Crippen LogP) is 2.65. The Morgan fingerprint density at radius 2 is 1.52 bits per heavy atom. The summed E-state index contributed by atoms with van der Waals surface area (Å²) in [5.41, 5.74) is 3.76. The van der Waals surface area contributed by atoms with Crippen LogP contribution >= 0.6 is 8.46 Å². The molecule has 0 heterocycles.